The Labute approximate surface area is 172 Å². The van der Waals surface area contributed by atoms with Crippen LogP contribution in [-0.2, 0) is 16.0 Å². The van der Waals surface area contributed by atoms with Gasteiger partial charge in [-0.05, 0) is 69.3 Å². The van der Waals surface area contributed by atoms with E-state index in [0.29, 0.717) is 28.6 Å². The van der Waals surface area contributed by atoms with Crippen LogP contribution in [0.5, 0.6) is 0 Å². The highest BCUT2D eigenvalue weighted by molar-refractivity contribution is 6.42. The zero-order valence-corrected chi connectivity index (χ0v) is 17.8. The molecule has 1 saturated heterocycles. The van der Waals surface area contributed by atoms with Gasteiger partial charge >= 0.3 is 0 Å². The number of carbonyl (C=O) groups is 1. The number of benzene rings is 1. The molecule has 1 aliphatic carbocycles. The second-order valence-electron chi connectivity index (χ2n) is 7.82. The van der Waals surface area contributed by atoms with Gasteiger partial charge in [0.05, 0.1) is 22.6 Å². The molecule has 0 aromatic heterocycles. The molecule has 1 aliphatic heterocycles. The molecule has 2 fully saturated rings. The molecule has 0 bridgehead atoms. The molecular weight excluding hydrogens is 383 g/mol. The fourth-order valence-electron chi connectivity index (χ4n) is 4.56. The van der Waals surface area contributed by atoms with E-state index < -0.39 is 0 Å². The predicted octanol–water partition coefficient (Wildman–Crippen LogP) is 4.42. The molecule has 150 valence electrons. The first-order valence-electron chi connectivity index (χ1n) is 9.96. The van der Waals surface area contributed by atoms with Crippen LogP contribution in [0.1, 0.15) is 44.1 Å². The lowest BCUT2D eigenvalue weighted by molar-refractivity contribution is -0.132. The third-order valence-electron chi connectivity index (χ3n) is 6.19. The maximum absolute atomic E-state index is 13.0. The SMILES string of the molecule is COC1CCC(N2CCCC2)C(N(C)C(=O)Cc2ccc(Cl)c(Cl)c2)CC1. The van der Waals surface area contributed by atoms with Crippen LogP contribution in [0.3, 0.4) is 0 Å². The van der Waals surface area contributed by atoms with Crippen LogP contribution < -0.4 is 0 Å². The van der Waals surface area contributed by atoms with E-state index >= 15 is 0 Å². The van der Waals surface area contributed by atoms with E-state index in [9.17, 15) is 4.79 Å². The van der Waals surface area contributed by atoms with Gasteiger partial charge in [0.25, 0.3) is 0 Å². The van der Waals surface area contributed by atoms with Crippen LogP contribution in [0, 0.1) is 0 Å². The number of methoxy groups -OCH3 is 1. The number of hydrogen-bond donors (Lipinski definition) is 0. The lowest BCUT2D eigenvalue weighted by atomic mass is 9.99. The van der Waals surface area contributed by atoms with E-state index in [4.69, 9.17) is 27.9 Å². The quantitative estimate of drug-likeness (QED) is 0.671. The van der Waals surface area contributed by atoms with Crippen molar-refractivity contribution in [3.8, 4) is 0 Å². The first-order chi connectivity index (χ1) is 13.0. The minimum atomic E-state index is 0.137. The maximum atomic E-state index is 13.0. The van der Waals surface area contributed by atoms with Crippen molar-refractivity contribution in [2.24, 2.45) is 0 Å². The van der Waals surface area contributed by atoms with Gasteiger partial charge in [-0.25, -0.2) is 0 Å². The summed E-state index contributed by atoms with van der Waals surface area (Å²) in [5, 5.41) is 1.02. The molecule has 1 saturated carbocycles. The minimum absolute atomic E-state index is 0.137. The van der Waals surface area contributed by atoms with Crippen molar-refractivity contribution < 1.29 is 9.53 Å². The highest BCUT2D eigenvalue weighted by Crippen LogP contribution is 2.30. The molecule has 3 unspecified atom stereocenters. The predicted molar refractivity (Wildman–Crippen MR) is 111 cm³/mol. The van der Waals surface area contributed by atoms with Gasteiger partial charge in [-0.2, -0.15) is 0 Å². The standard InChI is InChI=1S/C21H30Cl2N2O2/c1-24(21(26)14-15-5-8-17(22)18(23)13-15)19-9-6-16(27-2)7-10-20(19)25-11-3-4-12-25/h5,8,13,16,19-20H,3-4,6-7,9-12,14H2,1-2H3. The van der Waals surface area contributed by atoms with Crippen molar-refractivity contribution in [1.29, 1.82) is 0 Å². The topological polar surface area (TPSA) is 32.8 Å². The van der Waals surface area contributed by atoms with Crippen LogP contribution in [-0.4, -0.2) is 61.1 Å². The van der Waals surface area contributed by atoms with Gasteiger partial charge in [0.1, 0.15) is 0 Å². The van der Waals surface area contributed by atoms with E-state index in [2.05, 4.69) is 4.90 Å². The summed E-state index contributed by atoms with van der Waals surface area (Å²) in [4.78, 5) is 17.6. The number of amides is 1. The summed E-state index contributed by atoms with van der Waals surface area (Å²) in [6, 6.07) is 6.09. The highest BCUT2D eigenvalue weighted by atomic mass is 35.5. The molecule has 3 atom stereocenters. The Morgan fingerprint density at radius 2 is 1.85 bits per heavy atom. The zero-order chi connectivity index (χ0) is 19.4. The van der Waals surface area contributed by atoms with Crippen molar-refractivity contribution in [1.82, 2.24) is 9.80 Å². The molecule has 4 nitrogen and oxygen atoms in total. The van der Waals surface area contributed by atoms with Gasteiger partial charge < -0.3 is 9.64 Å². The molecule has 0 radical (unpaired) electrons. The molecule has 1 amide bonds. The van der Waals surface area contributed by atoms with Crippen LogP contribution in [0.15, 0.2) is 18.2 Å². The van der Waals surface area contributed by atoms with Crippen molar-refractivity contribution in [2.75, 3.05) is 27.2 Å². The monoisotopic (exact) mass is 412 g/mol. The Hall–Kier alpha value is -0.810. The number of rotatable bonds is 5. The molecule has 1 aromatic carbocycles. The Morgan fingerprint density at radius 3 is 2.52 bits per heavy atom. The summed E-state index contributed by atoms with van der Waals surface area (Å²) in [5.41, 5.74) is 0.905. The van der Waals surface area contributed by atoms with Gasteiger partial charge in [-0.1, -0.05) is 29.3 Å². The number of carbonyl (C=O) groups excluding carboxylic acids is 1. The van der Waals surface area contributed by atoms with Crippen molar-refractivity contribution in [3.63, 3.8) is 0 Å². The Balaban J connectivity index is 1.72. The Morgan fingerprint density at radius 1 is 1.15 bits per heavy atom. The summed E-state index contributed by atoms with van der Waals surface area (Å²) in [7, 11) is 3.76. The number of likely N-dealkylation sites (N-methyl/N-ethyl adjacent to an activating group) is 1. The average molecular weight is 413 g/mol. The number of halogens is 2. The summed E-state index contributed by atoms with van der Waals surface area (Å²) in [5.74, 6) is 0.137. The van der Waals surface area contributed by atoms with Gasteiger partial charge in [0, 0.05) is 26.2 Å². The minimum Gasteiger partial charge on any atom is -0.381 e. The lowest BCUT2D eigenvalue weighted by Gasteiger charge is -2.38. The summed E-state index contributed by atoms with van der Waals surface area (Å²) in [6.45, 7) is 2.29. The van der Waals surface area contributed by atoms with Gasteiger partial charge in [0.15, 0.2) is 0 Å². The molecule has 27 heavy (non-hydrogen) atoms. The molecule has 0 N–H and O–H groups in total. The highest BCUT2D eigenvalue weighted by Gasteiger charge is 2.36. The Bertz CT molecular complexity index is 649. The van der Waals surface area contributed by atoms with Gasteiger partial charge in [0.2, 0.25) is 5.91 Å². The first-order valence-corrected chi connectivity index (χ1v) is 10.7. The van der Waals surface area contributed by atoms with Crippen LogP contribution in [0.4, 0.5) is 0 Å². The van der Waals surface area contributed by atoms with Gasteiger partial charge in [-0.3, -0.25) is 9.69 Å². The largest absolute Gasteiger partial charge is 0.381 e. The second kappa shape index (κ2) is 9.60. The fraction of sp³-hybridized carbons (Fsp3) is 0.667. The van der Waals surface area contributed by atoms with Gasteiger partial charge in [-0.15, -0.1) is 0 Å². The van der Waals surface area contributed by atoms with E-state index in [-0.39, 0.29) is 11.9 Å². The molecule has 6 heteroatoms. The lowest BCUT2D eigenvalue weighted by Crippen LogP contribution is -2.51. The second-order valence-corrected chi connectivity index (χ2v) is 8.63. The van der Waals surface area contributed by atoms with E-state index in [1.807, 2.05) is 18.0 Å². The molecule has 1 heterocycles. The zero-order valence-electron chi connectivity index (χ0n) is 16.3. The number of ether oxygens (including phenoxy) is 1. The summed E-state index contributed by atoms with van der Waals surface area (Å²) in [6.07, 6.45) is 7.34. The number of hydrogen-bond acceptors (Lipinski definition) is 3. The fourth-order valence-corrected chi connectivity index (χ4v) is 4.88. The molecule has 0 spiro atoms. The van der Waals surface area contributed by atoms with Crippen LogP contribution in [0.2, 0.25) is 10.0 Å². The van der Waals surface area contributed by atoms with E-state index in [0.717, 1.165) is 44.3 Å². The van der Waals surface area contributed by atoms with Crippen LogP contribution >= 0.6 is 23.2 Å². The smallest absolute Gasteiger partial charge is 0.227 e. The maximum Gasteiger partial charge on any atom is 0.227 e. The molecule has 3 rings (SSSR count). The molecule has 2 aliphatic rings. The summed E-state index contributed by atoms with van der Waals surface area (Å²) < 4.78 is 5.64. The number of likely N-dealkylation sites (tertiary alicyclic amines) is 1. The normalized spacial score (nSPS) is 26.7. The summed E-state index contributed by atoms with van der Waals surface area (Å²) >= 11 is 12.1. The Kier molecular flexibility index (Phi) is 7.43. The average Bonchev–Trinajstić information content (AvgIpc) is 3.10. The van der Waals surface area contributed by atoms with E-state index in [1.165, 1.54) is 12.8 Å². The molecule has 1 aromatic rings. The van der Waals surface area contributed by atoms with E-state index in [1.54, 1.807) is 19.2 Å². The van der Waals surface area contributed by atoms with Crippen molar-refractivity contribution in [2.45, 2.75) is 63.1 Å². The van der Waals surface area contributed by atoms with Crippen molar-refractivity contribution >= 4 is 29.1 Å². The molecular formula is C21H30Cl2N2O2. The number of nitrogens with zero attached hydrogens (tertiary/aromatic N) is 2. The van der Waals surface area contributed by atoms with Crippen molar-refractivity contribution in [3.05, 3.63) is 33.8 Å². The van der Waals surface area contributed by atoms with Crippen LogP contribution in [0.25, 0.3) is 0 Å². The third kappa shape index (κ3) is 5.17. The third-order valence-corrected chi connectivity index (χ3v) is 6.93. The first kappa shape index (κ1) is 20.9.